The van der Waals surface area contributed by atoms with Crippen molar-refractivity contribution in [1.82, 2.24) is 0 Å². The summed E-state index contributed by atoms with van der Waals surface area (Å²) >= 11 is 0. The Morgan fingerprint density at radius 2 is 2.06 bits per heavy atom. The summed E-state index contributed by atoms with van der Waals surface area (Å²) in [5.74, 6) is 1.03. The van der Waals surface area contributed by atoms with Crippen LogP contribution < -0.4 is 14.8 Å². The van der Waals surface area contributed by atoms with Crippen molar-refractivity contribution in [3.8, 4) is 11.5 Å². The molecule has 1 unspecified atom stereocenters. The molecule has 0 spiro atoms. The van der Waals surface area contributed by atoms with Crippen molar-refractivity contribution in [3.05, 3.63) is 18.2 Å². The van der Waals surface area contributed by atoms with Gasteiger partial charge in [-0.25, -0.2) is 0 Å². The number of ether oxygens (including phenoxy) is 3. The molecule has 5 nitrogen and oxygen atoms in total. The lowest BCUT2D eigenvalue weighted by atomic mass is 10.2. The second-order valence-electron chi connectivity index (χ2n) is 3.67. The van der Waals surface area contributed by atoms with Crippen molar-refractivity contribution in [2.75, 3.05) is 26.1 Å². The fourth-order valence-electron chi connectivity index (χ4n) is 1.37. The predicted molar refractivity (Wildman–Crippen MR) is 69.3 cm³/mol. The lowest BCUT2D eigenvalue weighted by molar-refractivity contribution is -0.124. The Morgan fingerprint density at radius 3 is 2.61 bits per heavy atom. The third kappa shape index (κ3) is 3.63. The number of nitrogens with one attached hydrogen (secondary N) is 1. The molecule has 0 aliphatic rings. The highest BCUT2D eigenvalue weighted by Crippen LogP contribution is 2.30. The number of benzene rings is 1. The maximum absolute atomic E-state index is 11.6. The fraction of sp³-hybridized carbons (Fsp3) is 0.462. The van der Waals surface area contributed by atoms with Crippen LogP contribution in [-0.2, 0) is 9.53 Å². The Balaban J connectivity index is 2.82. The zero-order chi connectivity index (χ0) is 13.5. The smallest absolute Gasteiger partial charge is 0.253 e. The molecule has 0 saturated carbocycles. The number of hydrogen-bond acceptors (Lipinski definition) is 4. The van der Waals surface area contributed by atoms with E-state index in [0.29, 0.717) is 23.8 Å². The zero-order valence-electron chi connectivity index (χ0n) is 11.1. The number of amides is 1. The highest BCUT2D eigenvalue weighted by atomic mass is 16.5. The molecular weight excluding hydrogens is 234 g/mol. The van der Waals surface area contributed by atoms with Gasteiger partial charge >= 0.3 is 0 Å². The summed E-state index contributed by atoms with van der Waals surface area (Å²) in [6, 6.07) is 5.23. The van der Waals surface area contributed by atoms with Crippen LogP contribution in [0, 0.1) is 0 Å². The molecule has 0 fully saturated rings. The van der Waals surface area contributed by atoms with E-state index in [9.17, 15) is 4.79 Å². The molecule has 0 aromatic heterocycles. The average molecular weight is 253 g/mol. The van der Waals surface area contributed by atoms with Gasteiger partial charge in [-0.05, 0) is 26.0 Å². The average Bonchev–Trinajstić information content (AvgIpc) is 2.39. The van der Waals surface area contributed by atoms with Gasteiger partial charge in [0.15, 0.2) is 11.5 Å². The highest BCUT2D eigenvalue weighted by molar-refractivity contribution is 5.94. The number of rotatable bonds is 6. The molecule has 0 heterocycles. The first-order valence-electron chi connectivity index (χ1n) is 5.76. The van der Waals surface area contributed by atoms with E-state index in [4.69, 9.17) is 14.2 Å². The third-order valence-electron chi connectivity index (χ3n) is 2.45. The van der Waals surface area contributed by atoms with Crippen LogP contribution in [0.25, 0.3) is 0 Å². The Kier molecular flexibility index (Phi) is 5.45. The minimum atomic E-state index is -0.498. The van der Waals surface area contributed by atoms with E-state index in [1.165, 1.54) is 7.11 Å². The summed E-state index contributed by atoms with van der Waals surface area (Å²) in [4.78, 5) is 11.6. The van der Waals surface area contributed by atoms with Crippen molar-refractivity contribution in [2.24, 2.45) is 0 Å². The minimum Gasteiger partial charge on any atom is -0.493 e. The molecular formula is C13H19NO4. The standard InChI is InChI=1S/C13H19NO4/c1-5-18-11-7-6-10(8-12(11)17-4)14-13(15)9(2)16-3/h6-9H,5H2,1-4H3,(H,14,15). The first kappa shape index (κ1) is 14.3. The first-order chi connectivity index (χ1) is 8.62. The molecule has 1 rings (SSSR count). The largest absolute Gasteiger partial charge is 0.493 e. The van der Waals surface area contributed by atoms with Crippen molar-refractivity contribution in [2.45, 2.75) is 20.0 Å². The van der Waals surface area contributed by atoms with Gasteiger partial charge in [0.1, 0.15) is 6.10 Å². The van der Waals surface area contributed by atoms with Crippen molar-refractivity contribution >= 4 is 11.6 Å². The molecule has 0 aliphatic carbocycles. The topological polar surface area (TPSA) is 56.8 Å². The predicted octanol–water partition coefficient (Wildman–Crippen LogP) is 2.07. The van der Waals surface area contributed by atoms with Crippen LogP contribution in [0.4, 0.5) is 5.69 Å². The molecule has 1 atom stereocenters. The van der Waals surface area contributed by atoms with Crippen LogP contribution in [0.15, 0.2) is 18.2 Å². The molecule has 0 saturated heterocycles. The summed E-state index contributed by atoms with van der Waals surface area (Å²) in [6.07, 6.45) is -0.498. The van der Waals surface area contributed by atoms with E-state index in [2.05, 4.69) is 5.32 Å². The number of carbonyl (C=O) groups excluding carboxylic acids is 1. The first-order valence-corrected chi connectivity index (χ1v) is 5.76. The van der Waals surface area contributed by atoms with E-state index >= 15 is 0 Å². The van der Waals surface area contributed by atoms with E-state index < -0.39 is 6.10 Å². The molecule has 5 heteroatoms. The number of carbonyl (C=O) groups is 1. The van der Waals surface area contributed by atoms with E-state index in [-0.39, 0.29) is 5.91 Å². The maximum atomic E-state index is 11.6. The van der Waals surface area contributed by atoms with Gasteiger partial charge in [0.25, 0.3) is 5.91 Å². The summed E-state index contributed by atoms with van der Waals surface area (Å²) in [5.41, 5.74) is 0.643. The molecule has 0 bridgehead atoms. The summed E-state index contributed by atoms with van der Waals surface area (Å²) < 4.78 is 15.5. The van der Waals surface area contributed by atoms with Crippen molar-refractivity contribution in [3.63, 3.8) is 0 Å². The highest BCUT2D eigenvalue weighted by Gasteiger charge is 2.13. The van der Waals surface area contributed by atoms with Gasteiger partial charge in [0, 0.05) is 18.9 Å². The van der Waals surface area contributed by atoms with Gasteiger partial charge in [-0.15, -0.1) is 0 Å². The molecule has 1 aromatic rings. The van der Waals surface area contributed by atoms with Crippen LogP contribution in [0.2, 0.25) is 0 Å². The number of hydrogen-bond donors (Lipinski definition) is 1. The summed E-state index contributed by atoms with van der Waals surface area (Å²) in [6.45, 7) is 4.14. The second-order valence-corrected chi connectivity index (χ2v) is 3.67. The van der Waals surface area contributed by atoms with Gasteiger partial charge < -0.3 is 19.5 Å². The van der Waals surface area contributed by atoms with Crippen LogP contribution in [0.1, 0.15) is 13.8 Å². The van der Waals surface area contributed by atoms with Gasteiger partial charge in [0.05, 0.1) is 13.7 Å². The zero-order valence-corrected chi connectivity index (χ0v) is 11.1. The Bertz CT molecular complexity index is 406. The molecule has 0 radical (unpaired) electrons. The van der Waals surface area contributed by atoms with E-state index in [1.54, 1.807) is 32.2 Å². The number of anilines is 1. The molecule has 1 amide bonds. The van der Waals surface area contributed by atoms with E-state index in [1.807, 2.05) is 6.92 Å². The van der Waals surface area contributed by atoms with Gasteiger partial charge in [-0.3, -0.25) is 4.79 Å². The van der Waals surface area contributed by atoms with Crippen LogP contribution in [-0.4, -0.2) is 32.8 Å². The quantitative estimate of drug-likeness (QED) is 0.843. The minimum absolute atomic E-state index is 0.205. The van der Waals surface area contributed by atoms with Crippen LogP contribution in [0.5, 0.6) is 11.5 Å². The van der Waals surface area contributed by atoms with Crippen molar-refractivity contribution in [1.29, 1.82) is 0 Å². The normalized spacial score (nSPS) is 11.8. The third-order valence-corrected chi connectivity index (χ3v) is 2.45. The second kappa shape index (κ2) is 6.86. The van der Waals surface area contributed by atoms with Crippen LogP contribution >= 0.6 is 0 Å². The Labute approximate surface area is 107 Å². The number of methoxy groups -OCH3 is 2. The lowest BCUT2D eigenvalue weighted by Crippen LogP contribution is -2.26. The molecule has 1 N–H and O–H groups in total. The fourth-order valence-corrected chi connectivity index (χ4v) is 1.37. The molecule has 100 valence electrons. The summed E-state index contributed by atoms with van der Waals surface area (Å²) in [5, 5.41) is 2.74. The molecule has 1 aromatic carbocycles. The van der Waals surface area contributed by atoms with Gasteiger partial charge in [-0.1, -0.05) is 0 Å². The lowest BCUT2D eigenvalue weighted by Gasteiger charge is -2.13. The van der Waals surface area contributed by atoms with Gasteiger partial charge in [-0.2, -0.15) is 0 Å². The van der Waals surface area contributed by atoms with Crippen molar-refractivity contribution < 1.29 is 19.0 Å². The SMILES string of the molecule is CCOc1ccc(NC(=O)C(C)OC)cc1OC. The molecule has 18 heavy (non-hydrogen) atoms. The van der Waals surface area contributed by atoms with E-state index in [0.717, 1.165) is 0 Å². The Hall–Kier alpha value is -1.75. The Morgan fingerprint density at radius 1 is 1.33 bits per heavy atom. The summed E-state index contributed by atoms with van der Waals surface area (Å²) in [7, 11) is 3.05. The van der Waals surface area contributed by atoms with Crippen LogP contribution in [0.3, 0.4) is 0 Å². The monoisotopic (exact) mass is 253 g/mol. The van der Waals surface area contributed by atoms with Gasteiger partial charge in [0.2, 0.25) is 0 Å². The molecule has 0 aliphatic heterocycles. The maximum Gasteiger partial charge on any atom is 0.253 e.